The lowest BCUT2D eigenvalue weighted by Gasteiger charge is -2.19. The van der Waals surface area contributed by atoms with Crippen LogP contribution >= 0.6 is 0 Å². The molecule has 6 nitrogen and oxygen atoms in total. The second kappa shape index (κ2) is 11.3. The zero-order valence-corrected chi connectivity index (χ0v) is 18.7. The van der Waals surface area contributed by atoms with E-state index in [0.717, 1.165) is 17.7 Å². The first-order valence-corrected chi connectivity index (χ1v) is 11.5. The Morgan fingerprint density at radius 3 is 1.85 bits per heavy atom. The van der Waals surface area contributed by atoms with E-state index in [1.165, 1.54) is 12.1 Å². The molecule has 0 fully saturated rings. The Balaban J connectivity index is 2.21. The van der Waals surface area contributed by atoms with Gasteiger partial charge in [0.15, 0.2) is 5.78 Å². The third kappa shape index (κ3) is 7.49. The van der Waals surface area contributed by atoms with Gasteiger partial charge in [0.25, 0.3) is 10.1 Å². The summed E-state index contributed by atoms with van der Waals surface area (Å²) in [5, 5.41) is 0. The van der Waals surface area contributed by atoms with E-state index in [2.05, 4.69) is 4.74 Å². The Labute approximate surface area is 199 Å². The van der Waals surface area contributed by atoms with Crippen LogP contribution in [-0.4, -0.2) is 66.3 Å². The minimum atomic E-state index is -5.22. The van der Waals surface area contributed by atoms with Crippen LogP contribution in [0.4, 0.5) is 13.2 Å². The van der Waals surface area contributed by atoms with Crippen molar-refractivity contribution in [3.05, 3.63) is 69.8 Å². The quantitative estimate of drug-likeness (QED) is 0.238. The van der Waals surface area contributed by atoms with E-state index >= 15 is 0 Å². The Morgan fingerprint density at radius 2 is 1.44 bits per heavy atom. The fourth-order valence-corrected chi connectivity index (χ4v) is 3.86. The molecule has 34 heavy (non-hydrogen) atoms. The fourth-order valence-electron chi connectivity index (χ4n) is 3.22. The van der Waals surface area contributed by atoms with Crippen molar-refractivity contribution in [3.63, 3.8) is 0 Å². The average molecular weight is 488 g/mol. The number of carbonyl (C=O) groups is 2. The third-order valence-electron chi connectivity index (χ3n) is 4.93. The number of hydrogen-bond donors (Lipinski definition) is 1. The van der Waals surface area contributed by atoms with E-state index in [0.29, 0.717) is 16.7 Å². The molecule has 0 saturated heterocycles. The maximum absolute atomic E-state index is 13.0. The fraction of sp³-hybridized carbons (Fsp3) is 0.333. The molecule has 13 heteroatoms. The van der Waals surface area contributed by atoms with Gasteiger partial charge in [-0.25, -0.2) is 4.79 Å². The maximum Gasteiger partial charge on any atom is 0.426 e. The van der Waals surface area contributed by atoms with Crippen molar-refractivity contribution in [2.45, 2.75) is 37.7 Å². The molecule has 0 saturated carbocycles. The number of hydrogen-bond acceptors (Lipinski definition) is 5. The normalized spacial score (nSPS) is 12.8. The van der Waals surface area contributed by atoms with Gasteiger partial charge in [0.1, 0.15) is 5.75 Å². The van der Waals surface area contributed by atoms with E-state index in [9.17, 15) is 31.2 Å². The van der Waals surface area contributed by atoms with Crippen molar-refractivity contribution in [2.75, 3.05) is 5.75 Å². The van der Waals surface area contributed by atoms with Gasteiger partial charge >= 0.3 is 12.1 Å². The van der Waals surface area contributed by atoms with Crippen molar-refractivity contribution < 1.29 is 40.5 Å². The molecular weight excluding hydrogens is 470 g/mol. The molecule has 0 aromatic heterocycles. The van der Waals surface area contributed by atoms with E-state index in [4.69, 9.17) is 28.1 Å². The topological polar surface area (TPSA) is 97.7 Å². The van der Waals surface area contributed by atoms with Crippen LogP contribution in [0.25, 0.3) is 0 Å². The summed E-state index contributed by atoms with van der Waals surface area (Å²) in [5.41, 5.74) is 2.68. The van der Waals surface area contributed by atoms with Crippen LogP contribution in [0.2, 0.25) is 0 Å². The number of alkyl halides is 3. The average Bonchev–Trinajstić information content (AvgIpc) is 2.77. The molecule has 2 rings (SSSR count). The van der Waals surface area contributed by atoms with Gasteiger partial charge < -0.3 is 4.74 Å². The van der Waals surface area contributed by atoms with Crippen molar-refractivity contribution >= 4 is 45.4 Å². The van der Waals surface area contributed by atoms with Gasteiger partial charge in [0, 0.05) is 12.0 Å². The highest BCUT2D eigenvalue weighted by atomic mass is 32.2. The number of rotatable bonds is 10. The molecule has 1 N–H and O–H groups in total. The standard InChI is InChI=1S/C21H18B3F3O6S/c22-8-12-5-15(9-23)17(16(6-12)10-24)7-18(28)13-1-3-14(4-2-13)20(29)33-19(21(25,26)27)11-34(30,31)32/h1-6,19H,7-11H2,(H,30,31,32). The third-order valence-corrected chi connectivity index (χ3v) is 5.65. The number of halogens is 3. The maximum atomic E-state index is 13.0. The number of Topliss-reactive ketones (excluding diaryl/α,β-unsaturated/α-hetero) is 1. The van der Waals surface area contributed by atoms with Crippen LogP contribution in [0.1, 0.15) is 43.0 Å². The zero-order chi connectivity index (χ0) is 25.7. The van der Waals surface area contributed by atoms with Crippen molar-refractivity contribution in [2.24, 2.45) is 0 Å². The molecule has 0 bridgehead atoms. The molecule has 0 aliphatic heterocycles. The van der Waals surface area contributed by atoms with Gasteiger partial charge in [-0.05, 0) is 17.7 Å². The molecule has 2 aromatic carbocycles. The molecule has 6 radical (unpaired) electrons. The minimum absolute atomic E-state index is 0.0573. The second-order valence-electron chi connectivity index (χ2n) is 7.37. The van der Waals surface area contributed by atoms with Gasteiger partial charge in [-0.15, -0.1) is 0 Å². The first-order valence-electron chi connectivity index (χ1n) is 9.89. The number of esters is 1. The summed E-state index contributed by atoms with van der Waals surface area (Å²) < 4.78 is 73.4. The van der Waals surface area contributed by atoms with E-state index in [-0.39, 0.29) is 42.3 Å². The SMILES string of the molecule is [B]Cc1cc(C[B])c(CC(=O)c2ccc(C(=O)OC(CS(=O)(=O)O)C(F)(F)F)cc2)c(C[B])c1. The Hall–Kier alpha value is -2.53. The molecule has 1 atom stereocenters. The molecular formula is C21H18B3F3O6S. The molecule has 0 spiro atoms. The van der Waals surface area contributed by atoms with Gasteiger partial charge in [-0.3, -0.25) is 9.35 Å². The lowest BCUT2D eigenvalue weighted by Crippen LogP contribution is -2.39. The first-order chi connectivity index (χ1) is 15.8. The number of ketones is 1. The first kappa shape index (κ1) is 27.7. The zero-order valence-electron chi connectivity index (χ0n) is 17.8. The second-order valence-corrected chi connectivity index (χ2v) is 8.86. The summed E-state index contributed by atoms with van der Waals surface area (Å²) in [6, 6.07) is 8.16. The Morgan fingerprint density at radius 1 is 0.941 bits per heavy atom. The van der Waals surface area contributed by atoms with Crippen LogP contribution in [0.3, 0.4) is 0 Å². The van der Waals surface area contributed by atoms with Gasteiger partial charge in [-0.2, -0.15) is 21.6 Å². The van der Waals surface area contributed by atoms with Crippen LogP contribution in [0.5, 0.6) is 0 Å². The van der Waals surface area contributed by atoms with Gasteiger partial charge in [0.2, 0.25) is 6.10 Å². The van der Waals surface area contributed by atoms with Crippen molar-refractivity contribution in [1.29, 1.82) is 0 Å². The van der Waals surface area contributed by atoms with E-state index in [1.807, 2.05) is 0 Å². The largest absolute Gasteiger partial charge is 0.448 e. The van der Waals surface area contributed by atoms with Crippen LogP contribution < -0.4 is 0 Å². The van der Waals surface area contributed by atoms with Crippen LogP contribution in [-0.2, 0) is 40.2 Å². The highest BCUT2D eigenvalue weighted by molar-refractivity contribution is 7.85. The lowest BCUT2D eigenvalue weighted by molar-refractivity contribution is -0.197. The van der Waals surface area contributed by atoms with Crippen molar-refractivity contribution in [3.8, 4) is 0 Å². The van der Waals surface area contributed by atoms with E-state index < -0.39 is 34.1 Å². The smallest absolute Gasteiger partial charge is 0.426 e. The number of ether oxygens (including phenoxy) is 1. The molecule has 0 heterocycles. The summed E-state index contributed by atoms with van der Waals surface area (Å²) in [6.45, 7) is 0. The molecule has 0 aliphatic carbocycles. The number of carbonyl (C=O) groups excluding carboxylic acids is 2. The van der Waals surface area contributed by atoms with Gasteiger partial charge in [-0.1, -0.05) is 59.9 Å². The molecule has 1 unspecified atom stereocenters. The lowest BCUT2D eigenvalue weighted by atomic mass is 9.80. The summed E-state index contributed by atoms with van der Waals surface area (Å²) >= 11 is 0. The predicted molar refractivity (Wildman–Crippen MR) is 121 cm³/mol. The molecule has 174 valence electrons. The number of benzene rings is 2. The molecule has 2 aromatic rings. The Bertz CT molecular complexity index is 1130. The van der Waals surface area contributed by atoms with Crippen LogP contribution in [0, 0.1) is 0 Å². The van der Waals surface area contributed by atoms with Gasteiger partial charge in [0.05, 0.1) is 29.1 Å². The molecule has 0 amide bonds. The molecule has 0 aliphatic rings. The minimum Gasteiger partial charge on any atom is -0.448 e. The summed E-state index contributed by atoms with van der Waals surface area (Å²) in [7, 11) is 12.2. The highest BCUT2D eigenvalue weighted by Gasteiger charge is 2.45. The van der Waals surface area contributed by atoms with E-state index in [1.54, 1.807) is 12.1 Å². The highest BCUT2D eigenvalue weighted by Crippen LogP contribution is 2.25. The van der Waals surface area contributed by atoms with Crippen molar-refractivity contribution in [1.82, 2.24) is 0 Å². The monoisotopic (exact) mass is 488 g/mol. The Kier molecular flexibility index (Phi) is 9.19. The van der Waals surface area contributed by atoms with Crippen LogP contribution in [0.15, 0.2) is 36.4 Å². The summed E-state index contributed by atoms with van der Waals surface area (Å²) in [6.07, 6.45) is -7.76. The predicted octanol–water partition coefficient (Wildman–Crippen LogP) is 2.09. The summed E-state index contributed by atoms with van der Waals surface area (Å²) in [5.74, 6) is -3.67. The summed E-state index contributed by atoms with van der Waals surface area (Å²) in [4.78, 5) is 24.9.